The smallest absolute Gasteiger partial charge is 0.336 e. The molecule has 0 bridgehead atoms. The van der Waals surface area contributed by atoms with E-state index in [0.29, 0.717) is 18.1 Å². The predicted octanol–water partition coefficient (Wildman–Crippen LogP) is 5.67. The van der Waals surface area contributed by atoms with Gasteiger partial charge in [-0.1, -0.05) is 43.3 Å². The van der Waals surface area contributed by atoms with Crippen LogP contribution in [0.5, 0.6) is 17.2 Å². The van der Waals surface area contributed by atoms with Crippen LogP contribution in [-0.4, -0.2) is 24.7 Å². The summed E-state index contributed by atoms with van der Waals surface area (Å²) in [5.74, 6) is 1.05. The molecule has 0 N–H and O–H groups in total. The van der Waals surface area contributed by atoms with Crippen molar-refractivity contribution in [2.24, 2.45) is 0 Å². The number of hydrogen-bond donors (Lipinski definition) is 0. The monoisotopic (exact) mass is 415 g/mol. The van der Waals surface area contributed by atoms with Gasteiger partial charge in [0.2, 0.25) is 0 Å². The molecule has 2 aromatic carbocycles. The Kier molecular flexibility index (Phi) is 8.00. The molecule has 0 unspecified atom stereocenters. The molecule has 0 spiro atoms. The van der Waals surface area contributed by atoms with Gasteiger partial charge in [0, 0.05) is 17.8 Å². The molecule has 0 saturated heterocycles. The first kappa shape index (κ1) is 21.8. The molecule has 0 amide bonds. The molecule has 1 aromatic heterocycles. The van der Waals surface area contributed by atoms with Gasteiger partial charge in [-0.3, -0.25) is 4.98 Å². The van der Waals surface area contributed by atoms with Crippen molar-refractivity contribution in [3.05, 3.63) is 89.8 Å². The van der Waals surface area contributed by atoms with Gasteiger partial charge in [0.25, 0.3) is 0 Å². The van der Waals surface area contributed by atoms with E-state index >= 15 is 0 Å². The lowest BCUT2D eigenvalue weighted by atomic mass is 10.1. The maximum atomic E-state index is 12.3. The van der Waals surface area contributed by atoms with Crippen molar-refractivity contribution < 1.29 is 19.0 Å². The molecule has 0 radical (unpaired) electrons. The topological polar surface area (TPSA) is 57.7 Å². The van der Waals surface area contributed by atoms with Crippen molar-refractivity contribution in [1.82, 2.24) is 4.98 Å². The van der Waals surface area contributed by atoms with Crippen LogP contribution in [-0.2, 0) is 4.79 Å². The van der Waals surface area contributed by atoms with E-state index in [1.165, 1.54) is 13.2 Å². The Hall–Kier alpha value is -3.86. The second-order valence-corrected chi connectivity index (χ2v) is 6.64. The maximum Gasteiger partial charge on any atom is 0.336 e. The lowest BCUT2D eigenvalue weighted by Crippen LogP contribution is -2.05. The van der Waals surface area contributed by atoms with Crippen LogP contribution in [0, 0.1) is 0 Å². The molecule has 0 aliphatic rings. The lowest BCUT2D eigenvalue weighted by Gasteiger charge is -2.09. The van der Waals surface area contributed by atoms with Gasteiger partial charge in [-0.2, -0.15) is 0 Å². The van der Waals surface area contributed by atoms with Gasteiger partial charge in [0.1, 0.15) is 5.75 Å². The summed E-state index contributed by atoms with van der Waals surface area (Å²) in [5.41, 5.74) is 2.57. The highest BCUT2D eigenvalue weighted by Crippen LogP contribution is 2.29. The van der Waals surface area contributed by atoms with Gasteiger partial charge in [-0.15, -0.1) is 0 Å². The summed E-state index contributed by atoms with van der Waals surface area (Å²) < 4.78 is 16.6. The highest BCUT2D eigenvalue weighted by atomic mass is 16.6. The fourth-order valence-electron chi connectivity index (χ4n) is 2.79. The minimum absolute atomic E-state index is 0.350. The first-order valence-electron chi connectivity index (χ1n) is 10.1. The van der Waals surface area contributed by atoms with Crippen molar-refractivity contribution >= 4 is 24.2 Å². The fourth-order valence-corrected chi connectivity index (χ4v) is 2.79. The summed E-state index contributed by atoms with van der Waals surface area (Å²) >= 11 is 0. The van der Waals surface area contributed by atoms with Crippen LogP contribution in [0.15, 0.2) is 72.9 Å². The van der Waals surface area contributed by atoms with Crippen LogP contribution >= 0.6 is 0 Å². The van der Waals surface area contributed by atoms with Gasteiger partial charge < -0.3 is 14.2 Å². The first-order chi connectivity index (χ1) is 15.2. The molecule has 1 heterocycles. The highest BCUT2D eigenvalue weighted by molar-refractivity contribution is 5.89. The second-order valence-electron chi connectivity index (χ2n) is 6.64. The average Bonchev–Trinajstić information content (AvgIpc) is 2.82. The van der Waals surface area contributed by atoms with Gasteiger partial charge >= 0.3 is 5.97 Å². The van der Waals surface area contributed by atoms with E-state index in [1.54, 1.807) is 24.4 Å². The molecule has 3 rings (SSSR count). The highest BCUT2D eigenvalue weighted by Gasteiger charge is 2.09. The number of carbonyl (C=O) groups is 1. The second kappa shape index (κ2) is 11.4. The summed E-state index contributed by atoms with van der Waals surface area (Å²) in [6, 6.07) is 18.6. The lowest BCUT2D eigenvalue weighted by molar-refractivity contribution is -0.129. The van der Waals surface area contributed by atoms with Crippen LogP contribution in [0.25, 0.3) is 18.2 Å². The molecule has 5 nitrogen and oxygen atoms in total. The zero-order chi connectivity index (χ0) is 21.9. The van der Waals surface area contributed by atoms with Crippen molar-refractivity contribution in [3.63, 3.8) is 0 Å². The molecule has 3 aromatic rings. The van der Waals surface area contributed by atoms with Gasteiger partial charge in [-0.25, -0.2) is 4.79 Å². The first-order valence-corrected chi connectivity index (χ1v) is 10.1. The van der Waals surface area contributed by atoms with E-state index in [-0.39, 0.29) is 0 Å². The number of aromatic nitrogens is 1. The molecule has 0 fully saturated rings. The molecule has 0 aliphatic carbocycles. The quantitative estimate of drug-likeness (QED) is 0.256. The largest absolute Gasteiger partial charge is 0.493 e. The normalized spacial score (nSPS) is 11.0. The molecular weight excluding hydrogens is 390 g/mol. The van der Waals surface area contributed by atoms with Crippen LogP contribution < -0.4 is 14.2 Å². The Morgan fingerprint density at radius 2 is 1.77 bits per heavy atom. The Labute approximate surface area is 182 Å². The number of para-hydroxylation sites is 1. The van der Waals surface area contributed by atoms with Crippen LogP contribution in [0.1, 0.15) is 30.2 Å². The van der Waals surface area contributed by atoms with E-state index in [0.717, 1.165) is 29.0 Å². The summed E-state index contributed by atoms with van der Waals surface area (Å²) in [7, 11) is 1.54. The summed E-state index contributed by atoms with van der Waals surface area (Å²) in [6.07, 6.45) is 9.54. The van der Waals surface area contributed by atoms with E-state index in [2.05, 4.69) is 4.98 Å². The molecular formula is C26H25NO4. The number of esters is 1. The Balaban J connectivity index is 1.68. The maximum absolute atomic E-state index is 12.3. The van der Waals surface area contributed by atoms with E-state index in [4.69, 9.17) is 14.2 Å². The number of carbonyl (C=O) groups excluding carboxylic acids is 1. The predicted molar refractivity (Wildman–Crippen MR) is 123 cm³/mol. The number of pyridine rings is 1. The molecule has 0 saturated carbocycles. The molecule has 0 atom stereocenters. The number of benzene rings is 2. The summed E-state index contributed by atoms with van der Waals surface area (Å²) in [6.45, 7) is 2.66. The van der Waals surface area contributed by atoms with Crippen LogP contribution in [0.4, 0.5) is 0 Å². The zero-order valence-corrected chi connectivity index (χ0v) is 17.7. The van der Waals surface area contributed by atoms with E-state index in [1.807, 2.05) is 67.6 Å². The number of hydrogen-bond acceptors (Lipinski definition) is 5. The van der Waals surface area contributed by atoms with Crippen molar-refractivity contribution in [1.29, 1.82) is 0 Å². The Bertz CT molecular complexity index is 1060. The number of ether oxygens (including phenoxy) is 3. The van der Waals surface area contributed by atoms with Crippen LogP contribution in [0.2, 0.25) is 0 Å². The van der Waals surface area contributed by atoms with Gasteiger partial charge in [-0.05, 0) is 54.5 Å². The molecule has 5 heteroatoms. The third kappa shape index (κ3) is 6.57. The van der Waals surface area contributed by atoms with Crippen LogP contribution in [0.3, 0.4) is 0 Å². The van der Waals surface area contributed by atoms with Crippen molar-refractivity contribution in [2.75, 3.05) is 13.7 Å². The third-order valence-electron chi connectivity index (χ3n) is 4.31. The zero-order valence-electron chi connectivity index (χ0n) is 17.7. The molecule has 158 valence electrons. The summed E-state index contributed by atoms with van der Waals surface area (Å²) in [4.78, 5) is 16.6. The van der Waals surface area contributed by atoms with Gasteiger partial charge in [0.05, 0.1) is 19.4 Å². The Morgan fingerprint density at radius 3 is 2.55 bits per heavy atom. The minimum atomic E-state index is -0.500. The fraction of sp³-hybridized carbons (Fsp3) is 0.154. The minimum Gasteiger partial charge on any atom is -0.493 e. The Morgan fingerprint density at radius 1 is 0.935 bits per heavy atom. The number of rotatable bonds is 9. The van der Waals surface area contributed by atoms with E-state index in [9.17, 15) is 4.79 Å². The average molecular weight is 415 g/mol. The van der Waals surface area contributed by atoms with Crippen molar-refractivity contribution in [2.45, 2.75) is 13.3 Å². The number of methoxy groups -OCH3 is 1. The summed E-state index contributed by atoms with van der Waals surface area (Å²) in [5, 5.41) is 0. The SMILES string of the molecule is CCCOc1ccccc1/C=C/C(=O)Oc1ccc(/C=C/c2ccccn2)cc1OC. The van der Waals surface area contributed by atoms with Crippen molar-refractivity contribution in [3.8, 4) is 17.2 Å². The third-order valence-corrected chi connectivity index (χ3v) is 4.31. The van der Waals surface area contributed by atoms with Gasteiger partial charge in [0.15, 0.2) is 11.5 Å². The molecule has 0 aliphatic heterocycles. The van der Waals surface area contributed by atoms with E-state index < -0.39 is 5.97 Å². The molecule has 31 heavy (non-hydrogen) atoms. The number of nitrogens with zero attached hydrogens (tertiary/aromatic N) is 1. The standard InChI is InChI=1S/C26H25NO4/c1-3-18-30-23-10-5-4-8-21(23)13-16-26(28)31-24-15-12-20(19-25(24)29-2)11-14-22-9-6-7-17-27-22/h4-17,19H,3,18H2,1-2H3/b14-11+,16-13+.